The van der Waals surface area contributed by atoms with Crippen molar-refractivity contribution < 1.29 is 18.7 Å². The molecule has 2 N–H and O–H groups in total. The lowest BCUT2D eigenvalue weighted by Gasteiger charge is -2.11. The Kier molecular flexibility index (Phi) is 3.66. The van der Waals surface area contributed by atoms with Gasteiger partial charge in [0.1, 0.15) is 5.82 Å². The zero-order chi connectivity index (χ0) is 14.0. The molecule has 0 spiro atoms. The van der Waals surface area contributed by atoms with Crippen LogP contribution in [0.3, 0.4) is 0 Å². The van der Waals surface area contributed by atoms with E-state index in [1.54, 1.807) is 0 Å². The van der Waals surface area contributed by atoms with E-state index in [-0.39, 0.29) is 22.0 Å². The number of hydrogen-bond acceptors (Lipinski definition) is 2. The summed E-state index contributed by atoms with van der Waals surface area (Å²) in [6.07, 6.45) is 0. The molecule has 0 aliphatic carbocycles. The first-order valence-corrected chi connectivity index (χ1v) is 5.61. The Bertz CT molecular complexity index is 647. The number of para-hydroxylation sites is 1. The quantitative estimate of drug-likeness (QED) is 0.893. The predicted octanol–water partition coefficient (Wildman–Crippen LogP) is 4.06. The molecule has 98 valence electrons. The van der Waals surface area contributed by atoms with Gasteiger partial charge in [-0.2, -0.15) is 0 Å². The van der Waals surface area contributed by atoms with Gasteiger partial charge < -0.3 is 10.4 Å². The second-order valence-electron chi connectivity index (χ2n) is 3.69. The van der Waals surface area contributed by atoms with Gasteiger partial charge in [-0.3, -0.25) is 0 Å². The van der Waals surface area contributed by atoms with E-state index in [1.807, 2.05) is 0 Å². The third-order valence-corrected chi connectivity index (χ3v) is 2.75. The average molecular weight is 284 g/mol. The van der Waals surface area contributed by atoms with Gasteiger partial charge in [0.25, 0.3) is 0 Å². The van der Waals surface area contributed by atoms with Gasteiger partial charge in [0.2, 0.25) is 0 Å². The van der Waals surface area contributed by atoms with Crippen molar-refractivity contribution in [3.63, 3.8) is 0 Å². The molecule has 19 heavy (non-hydrogen) atoms. The SMILES string of the molecule is O=C(O)c1cccc(F)c1Nc1cccc(Cl)c1F. The molecule has 0 unspecified atom stereocenters. The van der Waals surface area contributed by atoms with E-state index >= 15 is 0 Å². The summed E-state index contributed by atoms with van der Waals surface area (Å²) in [4.78, 5) is 11.0. The van der Waals surface area contributed by atoms with Crippen molar-refractivity contribution >= 4 is 28.9 Å². The number of carboxylic acids is 1. The fourth-order valence-electron chi connectivity index (χ4n) is 1.56. The largest absolute Gasteiger partial charge is 0.478 e. The molecule has 0 aliphatic heterocycles. The van der Waals surface area contributed by atoms with Gasteiger partial charge in [0, 0.05) is 0 Å². The zero-order valence-electron chi connectivity index (χ0n) is 9.45. The predicted molar refractivity (Wildman–Crippen MR) is 68.1 cm³/mol. The molecule has 0 aliphatic rings. The van der Waals surface area contributed by atoms with Crippen molar-refractivity contribution in [2.45, 2.75) is 0 Å². The lowest BCUT2D eigenvalue weighted by atomic mass is 10.1. The smallest absolute Gasteiger partial charge is 0.337 e. The highest BCUT2D eigenvalue weighted by molar-refractivity contribution is 6.31. The summed E-state index contributed by atoms with van der Waals surface area (Å²) in [5.41, 5.74) is -0.698. The first-order chi connectivity index (χ1) is 9.00. The monoisotopic (exact) mass is 283 g/mol. The summed E-state index contributed by atoms with van der Waals surface area (Å²) >= 11 is 5.60. The number of hydrogen-bond donors (Lipinski definition) is 2. The molecular formula is C13H8ClF2NO2. The van der Waals surface area contributed by atoms with E-state index in [2.05, 4.69) is 5.32 Å². The Morgan fingerprint density at radius 3 is 2.53 bits per heavy atom. The van der Waals surface area contributed by atoms with Crippen molar-refractivity contribution in [3.05, 3.63) is 58.6 Å². The first kappa shape index (κ1) is 13.3. The van der Waals surface area contributed by atoms with Gasteiger partial charge in [-0.15, -0.1) is 0 Å². The van der Waals surface area contributed by atoms with Crippen LogP contribution >= 0.6 is 11.6 Å². The molecule has 6 heteroatoms. The lowest BCUT2D eigenvalue weighted by Crippen LogP contribution is -2.05. The molecule has 0 amide bonds. The van der Waals surface area contributed by atoms with Gasteiger partial charge in [0.15, 0.2) is 5.82 Å². The van der Waals surface area contributed by atoms with Gasteiger partial charge >= 0.3 is 5.97 Å². The average Bonchev–Trinajstić information content (AvgIpc) is 2.36. The molecule has 2 rings (SSSR count). The van der Waals surface area contributed by atoms with E-state index in [1.165, 1.54) is 30.3 Å². The standard InChI is InChI=1S/C13H8ClF2NO2/c14-8-4-2-6-10(11(8)16)17-12-7(13(18)19)3-1-5-9(12)15/h1-6,17H,(H,18,19). The van der Waals surface area contributed by atoms with Gasteiger partial charge in [-0.25, -0.2) is 13.6 Å². The van der Waals surface area contributed by atoms with Crippen molar-refractivity contribution in [1.29, 1.82) is 0 Å². The van der Waals surface area contributed by atoms with Crippen LogP contribution in [0.1, 0.15) is 10.4 Å². The van der Waals surface area contributed by atoms with E-state index in [9.17, 15) is 13.6 Å². The molecule has 0 bridgehead atoms. The van der Waals surface area contributed by atoms with Crippen LogP contribution in [-0.4, -0.2) is 11.1 Å². The van der Waals surface area contributed by atoms with Crippen LogP contribution in [0.25, 0.3) is 0 Å². The van der Waals surface area contributed by atoms with Crippen LogP contribution in [0.4, 0.5) is 20.2 Å². The Morgan fingerprint density at radius 1 is 1.16 bits per heavy atom. The second-order valence-corrected chi connectivity index (χ2v) is 4.10. The molecule has 0 atom stereocenters. The maximum absolute atomic E-state index is 13.7. The summed E-state index contributed by atoms with van der Waals surface area (Å²) in [5.74, 6) is -2.88. The maximum Gasteiger partial charge on any atom is 0.337 e. The van der Waals surface area contributed by atoms with E-state index in [0.29, 0.717) is 0 Å². The van der Waals surface area contributed by atoms with E-state index in [4.69, 9.17) is 16.7 Å². The number of carbonyl (C=O) groups is 1. The molecule has 0 fully saturated rings. The molecular weight excluding hydrogens is 276 g/mol. The summed E-state index contributed by atoms with van der Waals surface area (Å²) < 4.78 is 27.3. The van der Waals surface area contributed by atoms with E-state index < -0.39 is 17.6 Å². The Morgan fingerprint density at radius 2 is 1.84 bits per heavy atom. The number of halogens is 3. The van der Waals surface area contributed by atoms with Gasteiger partial charge in [-0.05, 0) is 24.3 Å². The molecule has 3 nitrogen and oxygen atoms in total. The Labute approximate surface area is 112 Å². The summed E-state index contributed by atoms with van der Waals surface area (Å²) in [7, 11) is 0. The van der Waals surface area contributed by atoms with E-state index in [0.717, 1.165) is 6.07 Å². The molecule has 0 saturated carbocycles. The van der Waals surface area contributed by atoms with Crippen LogP contribution in [-0.2, 0) is 0 Å². The number of rotatable bonds is 3. The summed E-state index contributed by atoms with van der Waals surface area (Å²) in [5, 5.41) is 11.2. The van der Waals surface area contributed by atoms with Crippen LogP contribution in [0.15, 0.2) is 36.4 Å². The highest BCUT2D eigenvalue weighted by Gasteiger charge is 2.16. The first-order valence-electron chi connectivity index (χ1n) is 5.23. The molecule has 0 heterocycles. The Hall–Kier alpha value is -2.14. The molecule has 2 aromatic carbocycles. The number of aromatic carboxylic acids is 1. The van der Waals surface area contributed by atoms with Crippen molar-refractivity contribution in [2.75, 3.05) is 5.32 Å². The van der Waals surface area contributed by atoms with Crippen LogP contribution in [0.2, 0.25) is 5.02 Å². The van der Waals surface area contributed by atoms with Crippen LogP contribution in [0, 0.1) is 11.6 Å². The summed E-state index contributed by atoms with van der Waals surface area (Å²) in [6, 6.07) is 7.70. The second kappa shape index (κ2) is 5.24. The summed E-state index contributed by atoms with van der Waals surface area (Å²) in [6.45, 7) is 0. The van der Waals surface area contributed by atoms with Gasteiger partial charge in [0.05, 0.1) is 22.0 Å². The number of anilines is 2. The third-order valence-electron chi connectivity index (χ3n) is 2.46. The third kappa shape index (κ3) is 2.66. The molecule has 2 aromatic rings. The molecule has 0 aromatic heterocycles. The van der Waals surface area contributed by atoms with Crippen LogP contribution < -0.4 is 5.32 Å². The van der Waals surface area contributed by atoms with Crippen molar-refractivity contribution in [2.24, 2.45) is 0 Å². The normalized spacial score (nSPS) is 10.3. The molecule has 0 saturated heterocycles. The fraction of sp³-hybridized carbons (Fsp3) is 0. The molecule has 0 radical (unpaired) electrons. The van der Waals surface area contributed by atoms with Gasteiger partial charge in [-0.1, -0.05) is 23.7 Å². The highest BCUT2D eigenvalue weighted by Crippen LogP contribution is 2.28. The number of benzene rings is 2. The van der Waals surface area contributed by atoms with Crippen LogP contribution in [0.5, 0.6) is 0 Å². The topological polar surface area (TPSA) is 49.3 Å². The highest BCUT2D eigenvalue weighted by atomic mass is 35.5. The minimum atomic E-state index is -1.32. The minimum absolute atomic E-state index is 0.0971. The minimum Gasteiger partial charge on any atom is -0.478 e. The number of carboxylic acid groups (broad SMARTS) is 1. The maximum atomic E-state index is 13.7. The fourth-order valence-corrected chi connectivity index (χ4v) is 1.74. The van der Waals surface area contributed by atoms with Crippen molar-refractivity contribution in [1.82, 2.24) is 0 Å². The van der Waals surface area contributed by atoms with Crippen molar-refractivity contribution in [3.8, 4) is 0 Å². The zero-order valence-corrected chi connectivity index (χ0v) is 10.2. The lowest BCUT2D eigenvalue weighted by molar-refractivity contribution is 0.0697. The number of nitrogens with one attached hydrogen (secondary N) is 1. The Balaban J connectivity index is 2.49.